The molecule has 0 radical (unpaired) electrons. The van der Waals surface area contributed by atoms with Gasteiger partial charge < -0.3 is 9.88 Å². The van der Waals surface area contributed by atoms with Crippen molar-refractivity contribution in [1.82, 2.24) is 14.9 Å². The van der Waals surface area contributed by atoms with Crippen LogP contribution in [-0.4, -0.2) is 16.1 Å². The lowest BCUT2D eigenvalue weighted by atomic mass is 10.1. The van der Waals surface area contributed by atoms with Crippen LogP contribution in [0.25, 0.3) is 5.69 Å². The molecule has 2 rings (SSSR count). The fourth-order valence-electron chi connectivity index (χ4n) is 2.14. The molecule has 0 fully saturated rings. The van der Waals surface area contributed by atoms with E-state index in [4.69, 9.17) is 0 Å². The van der Waals surface area contributed by atoms with Gasteiger partial charge >= 0.3 is 0 Å². The molecule has 104 valence electrons. The summed E-state index contributed by atoms with van der Waals surface area (Å²) in [6, 6.07) is 8.29. The van der Waals surface area contributed by atoms with Crippen molar-refractivity contribution >= 4 is 0 Å². The van der Waals surface area contributed by atoms with Gasteiger partial charge in [-0.2, -0.15) is 5.26 Å². The molecule has 0 aliphatic rings. The average molecular weight is 268 g/mol. The van der Waals surface area contributed by atoms with Crippen molar-refractivity contribution in [2.45, 2.75) is 33.7 Å². The first kappa shape index (κ1) is 14.3. The van der Waals surface area contributed by atoms with E-state index in [0.717, 1.165) is 42.1 Å². The van der Waals surface area contributed by atoms with Gasteiger partial charge in [0.05, 0.1) is 23.3 Å². The molecule has 1 N–H and O–H groups in total. The number of aryl methyl sites for hydroxylation is 1. The number of imidazole rings is 1. The molecule has 0 saturated heterocycles. The van der Waals surface area contributed by atoms with Crippen LogP contribution in [0.2, 0.25) is 0 Å². The van der Waals surface area contributed by atoms with Crippen LogP contribution in [0, 0.1) is 25.2 Å². The minimum atomic E-state index is 0.682. The maximum absolute atomic E-state index is 9.37. The van der Waals surface area contributed by atoms with Crippen LogP contribution in [0.15, 0.2) is 24.5 Å². The zero-order valence-electron chi connectivity index (χ0n) is 12.3. The molecule has 0 amide bonds. The number of rotatable bonds is 5. The molecule has 1 heterocycles. The summed E-state index contributed by atoms with van der Waals surface area (Å²) in [5.41, 5.74) is 4.76. The SMILES string of the molecule is CCCNCc1ccc(-n2cnc(C)c2C)c(C#N)c1. The Hall–Kier alpha value is -2.12. The summed E-state index contributed by atoms with van der Waals surface area (Å²) >= 11 is 0. The molecular weight excluding hydrogens is 248 g/mol. The summed E-state index contributed by atoms with van der Waals surface area (Å²) in [7, 11) is 0. The van der Waals surface area contributed by atoms with E-state index >= 15 is 0 Å². The number of hydrogen-bond acceptors (Lipinski definition) is 3. The molecule has 2 aromatic rings. The highest BCUT2D eigenvalue weighted by atomic mass is 15.1. The number of benzene rings is 1. The Balaban J connectivity index is 2.32. The molecule has 0 aliphatic carbocycles. The Morgan fingerprint density at radius 1 is 1.35 bits per heavy atom. The normalized spacial score (nSPS) is 10.5. The topological polar surface area (TPSA) is 53.6 Å². The van der Waals surface area contributed by atoms with Crippen LogP contribution in [0.1, 0.15) is 35.9 Å². The average Bonchev–Trinajstić information content (AvgIpc) is 2.79. The van der Waals surface area contributed by atoms with Crippen LogP contribution >= 0.6 is 0 Å². The first-order chi connectivity index (χ1) is 9.67. The molecular formula is C16H20N4. The molecule has 4 nitrogen and oxygen atoms in total. The van der Waals surface area contributed by atoms with Crippen molar-refractivity contribution in [3.05, 3.63) is 47.0 Å². The third kappa shape index (κ3) is 2.89. The van der Waals surface area contributed by atoms with Gasteiger partial charge in [-0.1, -0.05) is 13.0 Å². The van der Waals surface area contributed by atoms with Crippen molar-refractivity contribution in [1.29, 1.82) is 5.26 Å². The summed E-state index contributed by atoms with van der Waals surface area (Å²) in [5, 5.41) is 12.7. The smallest absolute Gasteiger partial charge is 0.101 e. The van der Waals surface area contributed by atoms with Gasteiger partial charge in [0, 0.05) is 12.2 Å². The summed E-state index contributed by atoms with van der Waals surface area (Å²) in [6.45, 7) is 7.91. The minimum Gasteiger partial charge on any atom is -0.313 e. The van der Waals surface area contributed by atoms with Gasteiger partial charge in [-0.05, 0) is 44.5 Å². The molecule has 0 unspecified atom stereocenters. The van der Waals surface area contributed by atoms with Gasteiger partial charge in [0.25, 0.3) is 0 Å². The molecule has 0 atom stereocenters. The third-order valence-electron chi connectivity index (χ3n) is 3.45. The van der Waals surface area contributed by atoms with Crippen molar-refractivity contribution in [3.63, 3.8) is 0 Å². The predicted octanol–water partition coefficient (Wildman–Crippen LogP) is 2.86. The summed E-state index contributed by atoms with van der Waals surface area (Å²) < 4.78 is 1.97. The Morgan fingerprint density at radius 3 is 2.75 bits per heavy atom. The zero-order chi connectivity index (χ0) is 14.5. The maximum Gasteiger partial charge on any atom is 0.101 e. The van der Waals surface area contributed by atoms with Crippen molar-refractivity contribution in [2.75, 3.05) is 6.54 Å². The molecule has 0 saturated carbocycles. The van der Waals surface area contributed by atoms with Crippen LogP contribution in [0.4, 0.5) is 0 Å². The van der Waals surface area contributed by atoms with Crippen LogP contribution < -0.4 is 5.32 Å². The van der Waals surface area contributed by atoms with Crippen molar-refractivity contribution in [3.8, 4) is 11.8 Å². The van der Waals surface area contributed by atoms with Crippen molar-refractivity contribution in [2.24, 2.45) is 0 Å². The number of nitriles is 1. The minimum absolute atomic E-state index is 0.682. The van der Waals surface area contributed by atoms with E-state index < -0.39 is 0 Å². The first-order valence-corrected chi connectivity index (χ1v) is 6.92. The highest BCUT2D eigenvalue weighted by Crippen LogP contribution is 2.19. The second-order valence-electron chi connectivity index (χ2n) is 4.93. The Bertz CT molecular complexity index is 634. The van der Waals surface area contributed by atoms with Crippen molar-refractivity contribution < 1.29 is 0 Å². The summed E-state index contributed by atoms with van der Waals surface area (Å²) in [5.74, 6) is 0. The fourth-order valence-corrected chi connectivity index (χ4v) is 2.14. The standard InChI is InChI=1S/C16H20N4/c1-4-7-18-10-14-5-6-16(15(8-14)9-17)20-11-19-12(2)13(20)3/h5-6,8,11,18H,4,7,10H2,1-3H3. The summed E-state index contributed by atoms with van der Waals surface area (Å²) in [4.78, 5) is 4.29. The van der Waals surface area contributed by atoms with E-state index in [2.05, 4.69) is 29.4 Å². The van der Waals surface area contributed by atoms with E-state index in [9.17, 15) is 5.26 Å². The van der Waals surface area contributed by atoms with E-state index in [0.29, 0.717) is 5.56 Å². The second-order valence-corrected chi connectivity index (χ2v) is 4.93. The highest BCUT2D eigenvalue weighted by molar-refractivity contribution is 5.51. The van der Waals surface area contributed by atoms with E-state index in [1.807, 2.05) is 30.5 Å². The van der Waals surface area contributed by atoms with Gasteiger partial charge in [0.1, 0.15) is 6.07 Å². The monoisotopic (exact) mass is 268 g/mol. The number of hydrogen-bond donors (Lipinski definition) is 1. The van der Waals surface area contributed by atoms with E-state index in [1.54, 1.807) is 6.33 Å². The molecule has 0 spiro atoms. The van der Waals surface area contributed by atoms with Crippen LogP contribution in [0.5, 0.6) is 0 Å². The van der Waals surface area contributed by atoms with E-state index in [-0.39, 0.29) is 0 Å². The molecule has 1 aromatic heterocycles. The molecule has 1 aromatic carbocycles. The highest BCUT2D eigenvalue weighted by Gasteiger charge is 2.09. The number of aromatic nitrogens is 2. The second kappa shape index (κ2) is 6.36. The van der Waals surface area contributed by atoms with E-state index in [1.165, 1.54) is 0 Å². The number of nitrogens with one attached hydrogen (secondary N) is 1. The van der Waals surface area contributed by atoms with Gasteiger partial charge in [-0.3, -0.25) is 0 Å². The lowest BCUT2D eigenvalue weighted by Crippen LogP contribution is -2.14. The summed E-state index contributed by atoms with van der Waals surface area (Å²) in [6.07, 6.45) is 2.88. The van der Waals surface area contributed by atoms with Crippen LogP contribution in [0.3, 0.4) is 0 Å². The zero-order valence-corrected chi connectivity index (χ0v) is 12.3. The first-order valence-electron chi connectivity index (χ1n) is 6.92. The van der Waals surface area contributed by atoms with Crippen LogP contribution in [-0.2, 0) is 6.54 Å². The molecule has 20 heavy (non-hydrogen) atoms. The number of nitrogens with zero attached hydrogens (tertiary/aromatic N) is 3. The third-order valence-corrected chi connectivity index (χ3v) is 3.45. The Labute approximate surface area is 120 Å². The molecule has 0 aliphatic heterocycles. The van der Waals surface area contributed by atoms with Gasteiger partial charge in [-0.25, -0.2) is 4.98 Å². The fraction of sp³-hybridized carbons (Fsp3) is 0.375. The maximum atomic E-state index is 9.37. The van der Waals surface area contributed by atoms with Gasteiger partial charge in [0.2, 0.25) is 0 Å². The molecule has 0 bridgehead atoms. The Kier molecular flexibility index (Phi) is 4.54. The molecule has 4 heteroatoms. The quantitative estimate of drug-likeness (QED) is 0.848. The van der Waals surface area contributed by atoms with Gasteiger partial charge in [-0.15, -0.1) is 0 Å². The lowest BCUT2D eigenvalue weighted by Gasteiger charge is -2.10. The van der Waals surface area contributed by atoms with Gasteiger partial charge in [0.15, 0.2) is 0 Å². The Morgan fingerprint density at radius 2 is 2.15 bits per heavy atom. The lowest BCUT2D eigenvalue weighted by molar-refractivity contribution is 0.675. The predicted molar refractivity (Wildman–Crippen MR) is 79.8 cm³/mol. The largest absolute Gasteiger partial charge is 0.313 e.